The number of nitrogens with zero attached hydrogens (tertiary/aromatic N) is 3. The van der Waals surface area contributed by atoms with Crippen LogP contribution in [0.4, 0.5) is 5.69 Å². The number of anilines is 1. The first-order valence-electron chi connectivity index (χ1n) is 12.1. The van der Waals surface area contributed by atoms with Gasteiger partial charge in [0.15, 0.2) is 0 Å². The van der Waals surface area contributed by atoms with Gasteiger partial charge in [-0.25, -0.2) is 0 Å². The first-order chi connectivity index (χ1) is 15.5. The summed E-state index contributed by atoms with van der Waals surface area (Å²) in [5.41, 5.74) is 0.281. The van der Waals surface area contributed by atoms with Crippen LogP contribution in [0.3, 0.4) is 0 Å². The van der Waals surface area contributed by atoms with Crippen molar-refractivity contribution in [2.75, 3.05) is 37.7 Å². The standard InChI is InChI=1S/C25H38N4O3/c1-4-7-11-20(5-2)23(31)27-16-14-25(15-17-27)24(32)28(18-22(30)26-6-3)19-29(25)21-12-9-8-10-13-21/h8-10,12-13,20H,4-7,11,14-19H2,1-3H3,(H,26,30). The molecule has 1 aromatic carbocycles. The fourth-order valence-electron chi connectivity index (χ4n) is 5.06. The minimum Gasteiger partial charge on any atom is -0.355 e. The maximum Gasteiger partial charge on any atom is 0.250 e. The highest BCUT2D eigenvalue weighted by molar-refractivity contribution is 5.96. The molecule has 0 bridgehead atoms. The van der Waals surface area contributed by atoms with Gasteiger partial charge in [0, 0.05) is 31.2 Å². The molecule has 32 heavy (non-hydrogen) atoms. The molecule has 0 radical (unpaired) electrons. The quantitative estimate of drug-likeness (QED) is 0.638. The molecule has 0 saturated carbocycles. The number of likely N-dealkylation sites (tertiary alicyclic amines) is 1. The third kappa shape index (κ3) is 4.92. The van der Waals surface area contributed by atoms with Gasteiger partial charge in [-0.2, -0.15) is 0 Å². The van der Waals surface area contributed by atoms with Crippen molar-refractivity contribution in [3.63, 3.8) is 0 Å². The van der Waals surface area contributed by atoms with E-state index >= 15 is 0 Å². The molecule has 1 aromatic rings. The average Bonchev–Trinajstić information content (AvgIpc) is 3.06. The van der Waals surface area contributed by atoms with Crippen molar-refractivity contribution in [1.29, 1.82) is 0 Å². The highest BCUT2D eigenvalue weighted by Crippen LogP contribution is 2.39. The Kier molecular flexibility index (Phi) is 8.15. The minimum atomic E-state index is -0.699. The van der Waals surface area contributed by atoms with E-state index in [4.69, 9.17) is 0 Å². The Bertz CT molecular complexity index is 790. The normalized spacial score (nSPS) is 18.8. The van der Waals surface area contributed by atoms with Crippen LogP contribution in [0.5, 0.6) is 0 Å². The number of carbonyl (C=O) groups excluding carboxylic acids is 3. The van der Waals surface area contributed by atoms with Crippen LogP contribution in [-0.2, 0) is 14.4 Å². The maximum atomic E-state index is 13.6. The number of benzene rings is 1. The second-order valence-electron chi connectivity index (χ2n) is 8.97. The van der Waals surface area contributed by atoms with E-state index in [-0.39, 0.29) is 30.2 Å². The van der Waals surface area contributed by atoms with Crippen LogP contribution in [0, 0.1) is 5.92 Å². The molecule has 1 spiro atoms. The summed E-state index contributed by atoms with van der Waals surface area (Å²) in [5.74, 6) is 0.160. The maximum absolute atomic E-state index is 13.6. The Labute approximate surface area is 192 Å². The zero-order valence-electron chi connectivity index (χ0n) is 19.8. The van der Waals surface area contributed by atoms with Crippen LogP contribution in [0.25, 0.3) is 0 Å². The number of carbonyl (C=O) groups is 3. The van der Waals surface area contributed by atoms with Crippen LogP contribution >= 0.6 is 0 Å². The van der Waals surface area contributed by atoms with Crippen molar-refractivity contribution in [2.45, 2.75) is 64.8 Å². The van der Waals surface area contributed by atoms with Crippen LogP contribution in [0.1, 0.15) is 59.3 Å². The van der Waals surface area contributed by atoms with Gasteiger partial charge in [-0.3, -0.25) is 14.4 Å². The summed E-state index contributed by atoms with van der Waals surface area (Å²) < 4.78 is 0. The molecule has 0 aliphatic carbocycles. The number of unbranched alkanes of at least 4 members (excludes halogenated alkanes) is 1. The molecule has 7 nitrogen and oxygen atoms in total. The average molecular weight is 443 g/mol. The van der Waals surface area contributed by atoms with E-state index in [0.29, 0.717) is 39.1 Å². The van der Waals surface area contributed by atoms with Crippen molar-refractivity contribution in [3.8, 4) is 0 Å². The first kappa shape index (κ1) is 24.1. The number of hydrogen-bond donors (Lipinski definition) is 1. The monoisotopic (exact) mass is 442 g/mol. The van der Waals surface area contributed by atoms with Crippen LogP contribution in [0.15, 0.2) is 30.3 Å². The number of piperidine rings is 1. The minimum absolute atomic E-state index is 0.00210. The Morgan fingerprint density at radius 3 is 2.38 bits per heavy atom. The predicted octanol–water partition coefficient (Wildman–Crippen LogP) is 3.01. The van der Waals surface area contributed by atoms with Gasteiger partial charge in [-0.05, 0) is 44.7 Å². The van der Waals surface area contributed by atoms with Gasteiger partial charge in [0.05, 0.1) is 6.67 Å². The lowest BCUT2D eigenvalue weighted by Gasteiger charge is -2.44. The Morgan fingerprint density at radius 2 is 1.78 bits per heavy atom. The second-order valence-corrected chi connectivity index (χ2v) is 8.97. The molecule has 176 valence electrons. The number of rotatable bonds is 9. The van der Waals surface area contributed by atoms with Crippen LogP contribution < -0.4 is 10.2 Å². The van der Waals surface area contributed by atoms with Crippen LogP contribution in [0.2, 0.25) is 0 Å². The van der Waals surface area contributed by atoms with Crippen molar-refractivity contribution in [2.24, 2.45) is 5.92 Å². The molecule has 0 aromatic heterocycles. The third-order valence-corrected chi connectivity index (χ3v) is 6.94. The summed E-state index contributed by atoms with van der Waals surface area (Å²) in [6, 6.07) is 9.93. The SMILES string of the molecule is CCCCC(CC)C(=O)N1CCC2(CC1)C(=O)N(CC(=O)NCC)CN2c1ccccc1. The molecule has 1 N–H and O–H groups in total. The van der Waals surface area contributed by atoms with E-state index in [1.54, 1.807) is 4.90 Å². The summed E-state index contributed by atoms with van der Waals surface area (Å²) in [6.07, 6.45) is 5.12. The zero-order valence-corrected chi connectivity index (χ0v) is 19.8. The lowest BCUT2D eigenvalue weighted by atomic mass is 9.84. The highest BCUT2D eigenvalue weighted by atomic mass is 16.2. The zero-order chi connectivity index (χ0) is 23.1. The molecule has 3 amide bonds. The van der Waals surface area contributed by atoms with Gasteiger partial charge in [-0.1, -0.05) is 44.9 Å². The molecule has 2 aliphatic rings. The van der Waals surface area contributed by atoms with E-state index < -0.39 is 5.54 Å². The van der Waals surface area contributed by atoms with Gasteiger partial charge in [0.2, 0.25) is 11.8 Å². The summed E-state index contributed by atoms with van der Waals surface area (Å²) in [6.45, 7) is 8.26. The number of amides is 3. The molecular formula is C25H38N4O3. The lowest BCUT2D eigenvalue weighted by Crippen LogP contribution is -2.58. The van der Waals surface area contributed by atoms with Gasteiger partial charge in [0.1, 0.15) is 12.1 Å². The van der Waals surface area contributed by atoms with Gasteiger partial charge >= 0.3 is 0 Å². The number of para-hydroxylation sites is 1. The largest absolute Gasteiger partial charge is 0.355 e. The smallest absolute Gasteiger partial charge is 0.250 e. The topological polar surface area (TPSA) is 73.0 Å². The molecule has 2 aliphatic heterocycles. The molecule has 2 fully saturated rings. The molecule has 3 rings (SSSR count). The first-order valence-corrected chi connectivity index (χ1v) is 12.1. The Morgan fingerprint density at radius 1 is 1.09 bits per heavy atom. The van der Waals surface area contributed by atoms with Crippen LogP contribution in [-0.4, -0.2) is 65.9 Å². The van der Waals surface area contributed by atoms with Crippen molar-refractivity contribution in [1.82, 2.24) is 15.1 Å². The second kappa shape index (κ2) is 10.8. The number of nitrogens with one attached hydrogen (secondary N) is 1. The predicted molar refractivity (Wildman–Crippen MR) is 126 cm³/mol. The van der Waals surface area contributed by atoms with Crippen molar-refractivity contribution < 1.29 is 14.4 Å². The lowest BCUT2D eigenvalue weighted by molar-refractivity contribution is -0.142. The Balaban J connectivity index is 1.78. The highest BCUT2D eigenvalue weighted by Gasteiger charge is 2.54. The number of likely N-dealkylation sites (N-methyl/N-ethyl adjacent to an activating group) is 1. The van der Waals surface area contributed by atoms with Gasteiger partial charge in [0.25, 0.3) is 5.91 Å². The molecule has 7 heteroatoms. The summed E-state index contributed by atoms with van der Waals surface area (Å²) in [7, 11) is 0. The molecular weight excluding hydrogens is 404 g/mol. The third-order valence-electron chi connectivity index (χ3n) is 6.94. The van der Waals surface area contributed by atoms with Gasteiger partial charge in [-0.15, -0.1) is 0 Å². The van der Waals surface area contributed by atoms with Crippen molar-refractivity contribution in [3.05, 3.63) is 30.3 Å². The van der Waals surface area contributed by atoms with E-state index in [1.165, 1.54) is 0 Å². The summed E-state index contributed by atoms with van der Waals surface area (Å²) in [5, 5.41) is 2.79. The summed E-state index contributed by atoms with van der Waals surface area (Å²) >= 11 is 0. The molecule has 1 unspecified atom stereocenters. The van der Waals surface area contributed by atoms with E-state index in [2.05, 4.69) is 24.1 Å². The van der Waals surface area contributed by atoms with E-state index in [1.807, 2.05) is 42.2 Å². The molecule has 1 atom stereocenters. The number of hydrogen-bond acceptors (Lipinski definition) is 4. The fraction of sp³-hybridized carbons (Fsp3) is 0.640. The molecule has 2 heterocycles. The Hall–Kier alpha value is -2.57. The van der Waals surface area contributed by atoms with Crippen molar-refractivity contribution >= 4 is 23.4 Å². The summed E-state index contributed by atoms with van der Waals surface area (Å²) in [4.78, 5) is 44.7. The van der Waals surface area contributed by atoms with Gasteiger partial charge < -0.3 is 20.0 Å². The molecule has 2 saturated heterocycles. The van der Waals surface area contributed by atoms with E-state index in [0.717, 1.165) is 31.4 Å². The van der Waals surface area contributed by atoms with E-state index in [9.17, 15) is 14.4 Å². The fourth-order valence-corrected chi connectivity index (χ4v) is 5.06.